The van der Waals surface area contributed by atoms with E-state index in [0.717, 1.165) is 5.56 Å². The molecule has 1 saturated heterocycles. The average Bonchev–Trinajstić information content (AvgIpc) is 3.02. The number of rotatable bonds is 3. The van der Waals surface area contributed by atoms with Crippen molar-refractivity contribution in [3.8, 4) is 0 Å². The Kier molecular flexibility index (Phi) is 3.08. The summed E-state index contributed by atoms with van der Waals surface area (Å²) >= 11 is 0. The van der Waals surface area contributed by atoms with E-state index < -0.39 is 5.79 Å². The molecule has 3 rings (SSSR count). The molecule has 2 aromatic rings. The van der Waals surface area contributed by atoms with E-state index in [1.165, 1.54) is 17.5 Å². The minimum Gasteiger partial charge on any atom is -0.342 e. The molecule has 5 nitrogen and oxygen atoms in total. The second-order valence-electron chi connectivity index (χ2n) is 4.86. The molecular formula is C14H17N3O2. The fourth-order valence-electron chi connectivity index (χ4n) is 2.56. The van der Waals surface area contributed by atoms with Gasteiger partial charge in [-0.15, -0.1) is 0 Å². The van der Waals surface area contributed by atoms with Crippen LogP contribution in [0.4, 0.5) is 0 Å². The van der Waals surface area contributed by atoms with Gasteiger partial charge in [-0.25, -0.2) is 9.67 Å². The van der Waals surface area contributed by atoms with Crippen molar-refractivity contribution in [1.82, 2.24) is 14.8 Å². The molecule has 0 unspecified atom stereocenters. The van der Waals surface area contributed by atoms with Gasteiger partial charge >= 0.3 is 0 Å². The lowest BCUT2D eigenvalue weighted by Crippen LogP contribution is -2.33. The maximum absolute atomic E-state index is 5.91. The van der Waals surface area contributed by atoms with E-state index in [0.29, 0.717) is 19.8 Å². The van der Waals surface area contributed by atoms with Crippen molar-refractivity contribution in [2.75, 3.05) is 13.2 Å². The first-order valence-electron chi connectivity index (χ1n) is 6.38. The first kappa shape index (κ1) is 12.3. The summed E-state index contributed by atoms with van der Waals surface area (Å²) in [7, 11) is 0. The zero-order valence-electron chi connectivity index (χ0n) is 11.2. The van der Waals surface area contributed by atoms with Crippen molar-refractivity contribution in [2.45, 2.75) is 26.2 Å². The lowest BCUT2D eigenvalue weighted by molar-refractivity contribution is -0.178. The molecule has 0 N–H and O–H groups in total. The summed E-state index contributed by atoms with van der Waals surface area (Å²) in [5.74, 6) is -0.745. The lowest BCUT2D eigenvalue weighted by atomic mass is 9.98. The summed E-state index contributed by atoms with van der Waals surface area (Å²) < 4.78 is 13.6. The zero-order chi connectivity index (χ0) is 13.3. The van der Waals surface area contributed by atoms with Gasteiger partial charge in [0, 0.05) is 5.56 Å². The van der Waals surface area contributed by atoms with Gasteiger partial charge < -0.3 is 9.47 Å². The van der Waals surface area contributed by atoms with Crippen LogP contribution in [0.15, 0.2) is 30.9 Å². The summed E-state index contributed by atoms with van der Waals surface area (Å²) in [6, 6.07) is 6.30. The third-order valence-corrected chi connectivity index (χ3v) is 3.38. The van der Waals surface area contributed by atoms with E-state index in [2.05, 4.69) is 42.1 Å². The van der Waals surface area contributed by atoms with Crippen LogP contribution in [0.3, 0.4) is 0 Å². The topological polar surface area (TPSA) is 49.2 Å². The largest absolute Gasteiger partial charge is 0.342 e. The van der Waals surface area contributed by atoms with Crippen LogP contribution in [0.2, 0.25) is 0 Å². The Balaban J connectivity index is 2.00. The fourth-order valence-corrected chi connectivity index (χ4v) is 2.56. The minimum absolute atomic E-state index is 0.511. The summed E-state index contributed by atoms with van der Waals surface area (Å²) in [6.45, 7) is 5.87. The van der Waals surface area contributed by atoms with E-state index >= 15 is 0 Å². The normalized spacial score (nSPS) is 17.8. The molecule has 19 heavy (non-hydrogen) atoms. The molecule has 0 aliphatic carbocycles. The maximum Gasteiger partial charge on any atom is 0.215 e. The van der Waals surface area contributed by atoms with Gasteiger partial charge in [0.1, 0.15) is 19.2 Å². The van der Waals surface area contributed by atoms with Crippen LogP contribution >= 0.6 is 0 Å². The van der Waals surface area contributed by atoms with E-state index in [-0.39, 0.29) is 0 Å². The minimum atomic E-state index is -0.745. The second kappa shape index (κ2) is 4.75. The number of hydrogen-bond acceptors (Lipinski definition) is 4. The molecular weight excluding hydrogens is 242 g/mol. The van der Waals surface area contributed by atoms with Crippen LogP contribution in [0.25, 0.3) is 0 Å². The number of aromatic nitrogens is 3. The molecule has 0 radical (unpaired) electrons. The number of ether oxygens (including phenoxy) is 2. The Hall–Kier alpha value is -1.72. The first-order valence-corrected chi connectivity index (χ1v) is 6.38. The molecule has 0 bridgehead atoms. The Morgan fingerprint density at radius 1 is 1.26 bits per heavy atom. The number of hydrogen-bond donors (Lipinski definition) is 0. The fraction of sp³-hybridized carbons (Fsp3) is 0.429. The molecule has 0 saturated carbocycles. The van der Waals surface area contributed by atoms with Gasteiger partial charge in [0.25, 0.3) is 0 Å². The monoisotopic (exact) mass is 259 g/mol. The zero-order valence-corrected chi connectivity index (χ0v) is 11.2. The summed E-state index contributed by atoms with van der Waals surface area (Å²) in [5.41, 5.74) is 3.46. The average molecular weight is 259 g/mol. The number of benzene rings is 1. The SMILES string of the molecule is Cc1ccc(C2(Cn3cncn3)OCCO2)c(C)c1. The van der Waals surface area contributed by atoms with Crippen LogP contribution in [-0.2, 0) is 21.8 Å². The molecule has 0 spiro atoms. The van der Waals surface area contributed by atoms with Gasteiger partial charge in [0.2, 0.25) is 5.79 Å². The summed E-state index contributed by atoms with van der Waals surface area (Å²) in [5, 5.41) is 4.14. The second-order valence-corrected chi connectivity index (χ2v) is 4.86. The molecule has 0 atom stereocenters. The third kappa shape index (κ3) is 2.27. The maximum atomic E-state index is 5.91. The standard InChI is InChI=1S/C14H17N3O2/c1-11-3-4-13(12(2)7-11)14(18-5-6-19-14)8-17-10-15-9-16-17/h3-4,7,9-10H,5-6,8H2,1-2H3. The third-order valence-electron chi connectivity index (χ3n) is 3.38. The van der Waals surface area contributed by atoms with E-state index in [1.807, 2.05) is 0 Å². The highest BCUT2D eigenvalue weighted by atomic mass is 16.7. The molecule has 2 heterocycles. The van der Waals surface area contributed by atoms with Crippen molar-refractivity contribution in [1.29, 1.82) is 0 Å². The van der Waals surface area contributed by atoms with Crippen LogP contribution in [-0.4, -0.2) is 28.0 Å². The highest BCUT2D eigenvalue weighted by Crippen LogP contribution is 2.35. The first-order chi connectivity index (χ1) is 9.20. The molecule has 1 aromatic carbocycles. The van der Waals surface area contributed by atoms with E-state index in [1.54, 1.807) is 11.0 Å². The predicted octanol–water partition coefficient (Wildman–Crippen LogP) is 1.79. The van der Waals surface area contributed by atoms with E-state index in [4.69, 9.17) is 9.47 Å². The molecule has 0 amide bonds. The van der Waals surface area contributed by atoms with E-state index in [9.17, 15) is 0 Å². The smallest absolute Gasteiger partial charge is 0.215 e. The highest BCUT2D eigenvalue weighted by molar-refractivity contribution is 5.34. The lowest BCUT2D eigenvalue weighted by Gasteiger charge is -2.29. The Labute approximate surface area is 112 Å². The van der Waals surface area contributed by atoms with Gasteiger partial charge in [-0.3, -0.25) is 0 Å². The molecule has 1 aliphatic rings. The van der Waals surface area contributed by atoms with Crippen LogP contribution in [0.5, 0.6) is 0 Å². The van der Waals surface area contributed by atoms with Gasteiger partial charge in [-0.2, -0.15) is 5.10 Å². The Morgan fingerprint density at radius 3 is 2.68 bits per heavy atom. The number of nitrogens with zero attached hydrogens (tertiary/aromatic N) is 3. The number of aryl methyl sites for hydroxylation is 2. The van der Waals surface area contributed by atoms with Crippen molar-refractivity contribution in [3.05, 3.63) is 47.5 Å². The van der Waals surface area contributed by atoms with Crippen LogP contribution in [0, 0.1) is 13.8 Å². The molecule has 5 heteroatoms. The van der Waals surface area contributed by atoms with Crippen LogP contribution < -0.4 is 0 Å². The predicted molar refractivity (Wildman–Crippen MR) is 69.5 cm³/mol. The Morgan fingerprint density at radius 2 is 2.05 bits per heavy atom. The van der Waals surface area contributed by atoms with Gasteiger partial charge in [0.15, 0.2) is 0 Å². The van der Waals surface area contributed by atoms with Gasteiger partial charge in [-0.05, 0) is 19.4 Å². The molecule has 1 fully saturated rings. The van der Waals surface area contributed by atoms with Crippen molar-refractivity contribution in [3.63, 3.8) is 0 Å². The van der Waals surface area contributed by atoms with Gasteiger partial charge in [-0.1, -0.05) is 23.8 Å². The van der Waals surface area contributed by atoms with Crippen molar-refractivity contribution >= 4 is 0 Å². The van der Waals surface area contributed by atoms with Crippen LogP contribution in [0.1, 0.15) is 16.7 Å². The molecule has 1 aliphatic heterocycles. The van der Waals surface area contributed by atoms with Crippen molar-refractivity contribution in [2.24, 2.45) is 0 Å². The summed E-state index contributed by atoms with van der Waals surface area (Å²) in [6.07, 6.45) is 3.20. The molecule has 1 aromatic heterocycles. The quantitative estimate of drug-likeness (QED) is 0.843. The summed E-state index contributed by atoms with van der Waals surface area (Å²) in [4.78, 5) is 3.97. The molecule has 100 valence electrons. The van der Waals surface area contributed by atoms with Gasteiger partial charge in [0.05, 0.1) is 13.2 Å². The highest BCUT2D eigenvalue weighted by Gasteiger charge is 2.40. The Bertz CT molecular complexity index is 560. The van der Waals surface area contributed by atoms with Crippen molar-refractivity contribution < 1.29 is 9.47 Å².